The molecule has 0 bridgehead atoms. The molecule has 1 saturated heterocycles. The molecule has 0 saturated carbocycles. The van der Waals surface area contributed by atoms with E-state index < -0.39 is 0 Å². The number of rotatable bonds is 4. The smallest absolute Gasteiger partial charge is 0.0373 e. The molecule has 0 atom stereocenters. The Morgan fingerprint density at radius 1 is 0.917 bits per heavy atom. The Bertz CT molecular complexity index is 679. The number of nitrogens with zero attached hydrogens (tertiary/aromatic N) is 2. The summed E-state index contributed by atoms with van der Waals surface area (Å²) in [6, 6.07) is 16.0. The number of piperazine rings is 1. The summed E-state index contributed by atoms with van der Waals surface area (Å²) < 4.78 is 0. The van der Waals surface area contributed by atoms with Gasteiger partial charge in [0.2, 0.25) is 0 Å². The van der Waals surface area contributed by atoms with Crippen LogP contribution in [-0.2, 0) is 26.1 Å². The topological polar surface area (TPSA) is 18.5 Å². The molecule has 4 rings (SSSR count). The summed E-state index contributed by atoms with van der Waals surface area (Å²) in [5, 5.41) is 3.45. The van der Waals surface area contributed by atoms with E-state index in [0.29, 0.717) is 0 Å². The van der Waals surface area contributed by atoms with Crippen molar-refractivity contribution < 1.29 is 0 Å². The van der Waals surface area contributed by atoms with Gasteiger partial charge in [0.05, 0.1) is 0 Å². The third-order valence-corrected chi connectivity index (χ3v) is 5.24. The van der Waals surface area contributed by atoms with Crippen LogP contribution in [0.15, 0.2) is 42.5 Å². The van der Waals surface area contributed by atoms with E-state index in [0.717, 1.165) is 52.2 Å². The molecule has 0 aromatic heterocycles. The van der Waals surface area contributed by atoms with Crippen LogP contribution in [0.2, 0.25) is 0 Å². The minimum atomic E-state index is 1.04. The largest absolute Gasteiger partial charge is 0.369 e. The van der Waals surface area contributed by atoms with Crippen LogP contribution < -0.4 is 10.2 Å². The normalized spacial score (nSPS) is 18.0. The lowest BCUT2D eigenvalue weighted by Gasteiger charge is -2.30. The Morgan fingerprint density at radius 2 is 1.58 bits per heavy atom. The molecule has 1 fully saturated rings. The highest BCUT2D eigenvalue weighted by Gasteiger charge is 2.19. The molecule has 24 heavy (non-hydrogen) atoms. The standard InChI is InChI=1S/C21H27N3/c1-2-17-11-18(13-21(12-17)24-9-7-22-8-10-24)14-23-15-19-5-3-4-6-20(19)16-23/h3-6,11-13,22H,2,7-10,14-16H2,1H3. The van der Waals surface area contributed by atoms with Gasteiger partial charge < -0.3 is 10.2 Å². The van der Waals surface area contributed by atoms with Crippen LogP contribution in [0.4, 0.5) is 5.69 Å². The van der Waals surface area contributed by atoms with E-state index in [9.17, 15) is 0 Å². The van der Waals surface area contributed by atoms with E-state index in [1.165, 1.54) is 27.9 Å². The van der Waals surface area contributed by atoms with Crippen molar-refractivity contribution in [2.24, 2.45) is 0 Å². The Labute approximate surface area is 145 Å². The van der Waals surface area contributed by atoms with Crippen molar-refractivity contribution in [3.05, 3.63) is 64.7 Å². The van der Waals surface area contributed by atoms with Gasteiger partial charge in [0.15, 0.2) is 0 Å². The highest BCUT2D eigenvalue weighted by Crippen LogP contribution is 2.26. The summed E-state index contributed by atoms with van der Waals surface area (Å²) in [6.07, 6.45) is 1.10. The predicted molar refractivity (Wildman–Crippen MR) is 100 cm³/mol. The summed E-state index contributed by atoms with van der Waals surface area (Å²) >= 11 is 0. The van der Waals surface area contributed by atoms with Gasteiger partial charge in [0, 0.05) is 51.5 Å². The molecule has 2 aromatic carbocycles. The molecule has 3 nitrogen and oxygen atoms in total. The van der Waals surface area contributed by atoms with Gasteiger partial charge in [-0.05, 0) is 40.8 Å². The van der Waals surface area contributed by atoms with Crippen LogP contribution in [-0.4, -0.2) is 31.1 Å². The number of aryl methyl sites for hydroxylation is 1. The molecule has 2 aromatic rings. The van der Waals surface area contributed by atoms with Gasteiger partial charge in [0.25, 0.3) is 0 Å². The SMILES string of the molecule is CCc1cc(CN2Cc3ccccc3C2)cc(N2CCNCC2)c1. The molecule has 0 aliphatic carbocycles. The third-order valence-electron chi connectivity index (χ3n) is 5.24. The first kappa shape index (κ1) is 15.7. The molecular formula is C21H27N3. The second-order valence-corrected chi connectivity index (χ2v) is 7.01. The highest BCUT2D eigenvalue weighted by molar-refractivity contribution is 5.52. The monoisotopic (exact) mass is 321 g/mol. The van der Waals surface area contributed by atoms with Crippen molar-refractivity contribution in [2.75, 3.05) is 31.1 Å². The molecule has 0 spiro atoms. The molecule has 2 heterocycles. The van der Waals surface area contributed by atoms with E-state index >= 15 is 0 Å². The van der Waals surface area contributed by atoms with Crippen molar-refractivity contribution >= 4 is 5.69 Å². The lowest BCUT2D eigenvalue weighted by Crippen LogP contribution is -2.43. The number of anilines is 1. The number of fused-ring (bicyclic) bond motifs is 1. The maximum absolute atomic E-state index is 3.45. The van der Waals surface area contributed by atoms with E-state index in [-0.39, 0.29) is 0 Å². The fourth-order valence-electron chi connectivity index (χ4n) is 3.92. The quantitative estimate of drug-likeness (QED) is 0.933. The fraction of sp³-hybridized carbons (Fsp3) is 0.429. The fourth-order valence-corrected chi connectivity index (χ4v) is 3.92. The average Bonchev–Trinajstić information content (AvgIpc) is 3.04. The van der Waals surface area contributed by atoms with Gasteiger partial charge in [-0.25, -0.2) is 0 Å². The summed E-state index contributed by atoms with van der Waals surface area (Å²) in [6.45, 7) is 9.86. The van der Waals surface area contributed by atoms with E-state index in [1.54, 1.807) is 0 Å². The molecule has 2 aliphatic rings. The second kappa shape index (κ2) is 6.96. The molecule has 0 radical (unpaired) electrons. The zero-order valence-electron chi connectivity index (χ0n) is 14.6. The van der Waals surface area contributed by atoms with Crippen molar-refractivity contribution in [3.63, 3.8) is 0 Å². The Balaban J connectivity index is 1.52. The van der Waals surface area contributed by atoms with Crippen LogP contribution in [0.3, 0.4) is 0 Å². The summed E-state index contributed by atoms with van der Waals surface area (Å²) in [5.74, 6) is 0. The molecule has 126 valence electrons. The van der Waals surface area contributed by atoms with Crippen molar-refractivity contribution in [3.8, 4) is 0 Å². The molecule has 3 heteroatoms. The maximum Gasteiger partial charge on any atom is 0.0373 e. The second-order valence-electron chi connectivity index (χ2n) is 7.01. The number of hydrogen-bond donors (Lipinski definition) is 1. The summed E-state index contributed by atoms with van der Waals surface area (Å²) in [4.78, 5) is 5.08. The van der Waals surface area contributed by atoms with E-state index in [4.69, 9.17) is 0 Å². The first-order chi connectivity index (χ1) is 11.8. The Kier molecular flexibility index (Phi) is 4.54. The summed E-state index contributed by atoms with van der Waals surface area (Å²) in [5.41, 5.74) is 7.30. The lowest BCUT2D eigenvalue weighted by molar-refractivity contribution is 0.275. The molecule has 0 unspecified atom stereocenters. The van der Waals surface area contributed by atoms with Crippen molar-refractivity contribution in [1.82, 2.24) is 10.2 Å². The van der Waals surface area contributed by atoms with Crippen LogP contribution in [0.1, 0.15) is 29.2 Å². The van der Waals surface area contributed by atoms with E-state index in [1.807, 2.05) is 0 Å². The van der Waals surface area contributed by atoms with Crippen LogP contribution >= 0.6 is 0 Å². The third kappa shape index (κ3) is 3.33. The van der Waals surface area contributed by atoms with Gasteiger partial charge >= 0.3 is 0 Å². The first-order valence-corrected chi connectivity index (χ1v) is 9.19. The number of nitrogens with one attached hydrogen (secondary N) is 1. The van der Waals surface area contributed by atoms with Gasteiger partial charge in [-0.1, -0.05) is 37.3 Å². The molecule has 0 amide bonds. The molecular weight excluding hydrogens is 294 g/mol. The van der Waals surface area contributed by atoms with Gasteiger partial charge in [-0.2, -0.15) is 0 Å². The zero-order chi connectivity index (χ0) is 16.4. The van der Waals surface area contributed by atoms with Crippen molar-refractivity contribution in [2.45, 2.75) is 33.0 Å². The number of benzene rings is 2. The first-order valence-electron chi connectivity index (χ1n) is 9.19. The van der Waals surface area contributed by atoms with Crippen LogP contribution in [0.25, 0.3) is 0 Å². The average molecular weight is 321 g/mol. The minimum absolute atomic E-state index is 1.04. The van der Waals surface area contributed by atoms with Crippen molar-refractivity contribution in [1.29, 1.82) is 0 Å². The maximum atomic E-state index is 3.45. The number of hydrogen-bond acceptors (Lipinski definition) is 3. The van der Waals surface area contributed by atoms with E-state index in [2.05, 4.69) is 64.5 Å². The molecule has 2 aliphatic heterocycles. The minimum Gasteiger partial charge on any atom is -0.369 e. The molecule has 1 N–H and O–H groups in total. The lowest BCUT2D eigenvalue weighted by atomic mass is 10.1. The zero-order valence-corrected chi connectivity index (χ0v) is 14.6. The van der Waals surface area contributed by atoms with Gasteiger partial charge in [-0.15, -0.1) is 0 Å². The highest BCUT2D eigenvalue weighted by atomic mass is 15.2. The van der Waals surface area contributed by atoms with Gasteiger partial charge in [0.1, 0.15) is 0 Å². The van der Waals surface area contributed by atoms with Crippen LogP contribution in [0, 0.1) is 0 Å². The Morgan fingerprint density at radius 3 is 2.25 bits per heavy atom. The Hall–Kier alpha value is -1.84. The predicted octanol–water partition coefficient (Wildman–Crippen LogP) is 3.17. The van der Waals surface area contributed by atoms with Gasteiger partial charge in [-0.3, -0.25) is 4.90 Å². The van der Waals surface area contributed by atoms with Crippen LogP contribution in [0.5, 0.6) is 0 Å². The summed E-state index contributed by atoms with van der Waals surface area (Å²) in [7, 11) is 0.